The van der Waals surface area contributed by atoms with Crippen molar-refractivity contribution in [3.63, 3.8) is 0 Å². The Hall–Kier alpha value is -0.0800. The zero-order chi connectivity index (χ0) is 12.5. The van der Waals surface area contributed by atoms with Gasteiger partial charge in [0.2, 0.25) is 0 Å². The minimum absolute atomic E-state index is 0.774. The van der Waals surface area contributed by atoms with Gasteiger partial charge in [0.25, 0.3) is 0 Å². The lowest BCUT2D eigenvalue weighted by Crippen LogP contribution is -2.34. The molecule has 2 atom stereocenters. The Morgan fingerprint density at radius 1 is 1.24 bits per heavy atom. The van der Waals surface area contributed by atoms with Crippen LogP contribution in [0.25, 0.3) is 0 Å². The quantitative estimate of drug-likeness (QED) is 0.735. The standard InChI is InChI=1S/C15H32N2/c1-4-6-8-14(5-2)13-16-15-9-7-11-17(3)12-10-15/h14-16H,4-13H2,1-3H3. The number of nitrogens with zero attached hydrogens (tertiary/aromatic N) is 1. The normalized spacial score (nSPS) is 24.5. The average Bonchev–Trinajstić information content (AvgIpc) is 2.54. The van der Waals surface area contributed by atoms with Crippen LogP contribution in [0, 0.1) is 5.92 Å². The second-order valence-electron chi connectivity index (χ2n) is 5.76. The molecular formula is C15H32N2. The van der Waals surface area contributed by atoms with Crippen LogP contribution in [-0.2, 0) is 0 Å². The maximum Gasteiger partial charge on any atom is 0.00798 e. The summed E-state index contributed by atoms with van der Waals surface area (Å²) >= 11 is 0. The van der Waals surface area contributed by atoms with Crippen LogP contribution in [0.4, 0.5) is 0 Å². The van der Waals surface area contributed by atoms with Gasteiger partial charge in [0.1, 0.15) is 0 Å². The van der Waals surface area contributed by atoms with E-state index in [1.807, 2.05) is 0 Å². The molecule has 0 aromatic carbocycles. The Morgan fingerprint density at radius 3 is 2.76 bits per heavy atom. The highest BCUT2D eigenvalue weighted by Gasteiger charge is 2.15. The van der Waals surface area contributed by atoms with E-state index < -0.39 is 0 Å². The third-order valence-electron chi connectivity index (χ3n) is 4.19. The Bertz CT molecular complexity index is 182. The highest BCUT2D eigenvalue weighted by molar-refractivity contribution is 4.74. The number of likely N-dealkylation sites (tertiary alicyclic amines) is 1. The van der Waals surface area contributed by atoms with Crippen LogP contribution in [0.1, 0.15) is 58.8 Å². The van der Waals surface area contributed by atoms with Gasteiger partial charge in [-0.25, -0.2) is 0 Å². The SMILES string of the molecule is CCCCC(CC)CNC1CCCN(C)CC1. The van der Waals surface area contributed by atoms with Crippen molar-refractivity contribution in [2.45, 2.75) is 64.8 Å². The lowest BCUT2D eigenvalue weighted by Gasteiger charge is -2.21. The molecule has 1 rings (SSSR count). The number of hydrogen-bond acceptors (Lipinski definition) is 2. The highest BCUT2D eigenvalue weighted by Crippen LogP contribution is 2.14. The smallest absolute Gasteiger partial charge is 0.00798 e. The number of hydrogen-bond donors (Lipinski definition) is 1. The second-order valence-corrected chi connectivity index (χ2v) is 5.76. The van der Waals surface area contributed by atoms with Gasteiger partial charge in [0, 0.05) is 6.04 Å². The Morgan fingerprint density at radius 2 is 2.06 bits per heavy atom. The zero-order valence-corrected chi connectivity index (χ0v) is 12.2. The van der Waals surface area contributed by atoms with Gasteiger partial charge >= 0.3 is 0 Å². The molecule has 0 spiro atoms. The van der Waals surface area contributed by atoms with E-state index in [9.17, 15) is 0 Å². The van der Waals surface area contributed by atoms with Gasteiger partial charge in [0.15, 0.2) is 0 Å². The fraction of sp³-hybridized carbons (Fsp3) is 1.00. The van der Waals surface area contributed by atoms with Crippen LogP contribution in [-0.4, -0.2) is 37.6 Å². The van der Waals surface area contributed by atoms with Crippen molar-refractivity contribution in [1.29, 1.82) is 0 Å². The van der Waals surface area contributed by atoms with E-state index in [1.54, 1.807) is 0 Å². The van der Waals surface area contributed by atoms with E-state index in [4.69, 9.17) is 0 Å². The third kappa shape index (κ3) is 6.42. The van der Waals surface area contributed by atoms with Crippen LogP contribution in [0.3, 0.4) is 0 Å². The molecule has 2 unspecified atom stereocenters. The van der Waals surface area contributed by atoms with Crippen LogP contribution in [0.15, 0.2) is 0 Å². The fourth-order valence-corrected chi connectivity index (χ4v) is 2.72. The Kier molecular flexibility index (Phi) is 7.87. The van der Waals surface area contributed by atoms with Crippen LogP contribution in [0.2, 0.25) is 0 Å². The summed E-state index contributed by atoms with van der Waals surface area (Å²) in [6, 6.07) is 0.774. The monoisotopic (exact) mass is 240 g/mol. The van der Waals surface area contributed by atoms with Gasteiger partial charge < -0.3 is 10.2 Å². The summed E-state index contributed by atoms with van der Waals surface area (Å²) < 4.78 is 0. The van der Waals surface area contributed by atoms with Gasteiger partial charge in [-0.15, -0.1) is 0 Å². The molecule has 0 radical (unpaired) electrons. The van der Waals surface area contributed by atoms with Crippen molar-refractivity contribution in [2.75, 3.05) is 26.7 Å². The maximum atomic E-state index is 3.82. The summed E-state index contributed by atoms with van der Waals surface area (Å²) in [7, 11) is 2.25. The maximum absolute atomic E-state index is 3.82. The summed E-state index contributed by atoms with van der Waals surface area (Å²) in [5.74, 6) is 0.899. The van der Waals surface area contributed by atoms with Crippen molar-refractivity contribution in [1.82, 2.24) is 10.2 Å². The fourth-order valence-electron chi connectivity index (χ4n) is 2.72. The van der Waals surface area contributed by atoms with Crippen LogP contribution < -0.4 is 5.32 Å². The molecule has 1 fully saturated rings. The summed E-state index contributed by atoms with van der Waals surface area (Å²) in [5.41, 5.74) is 0. The predicted molar refractivity (Wildman–Crippen MR) is 76.4 cm³/mol. The van der Waals surface area contributed by atoms with Gasteiger partial charge in [-0.3, -0.25) is 0 Å². The minimum atomic E-state index is 0.774. The van der Waals surface area contributed by atoms with Crippen molar-refractivity contribution in [3.05, 3.63) is 0 Å². The van der Waals surface area contributed by atoms with Crippen molar-refractivity contribution in [3.8, 4) is 0 Å². The summed E-state index contributed by atoms with van der Waals surface area (Å²) in [6.07, 6.45) is 9.54. The van der Waals surface area contributed by atoms with Crippen molar-refractivity contribution in [2.24, 2.45) is 5.92 Å². The highest BCUT2D eigenvalue weighted by atomic mass is 15.1. The first-order valence-electron chi connectivity index (χ1n) is 7.68. The average molecular weight is 240 g/mol. The molecule has 0 bridgehead atoms. The number of unbranched alkanes of at least 4 members (excludes halogenated alkanes) is 1. The second kappa shape index (κ2) is 8.93. The van der Waals surface area contributed by atoms with E-state index in [0.29, 0.717) is 0 Å². The van der Waals surface area contributed by atoms with E-state index in [-0.39, 0.29) is 0 Å². The zero-order valence-electron chi connectivity index (χ0n) is 12.2. The number of rotatable bonds is 7. The first-order valence-corrected chi connectivity index (χ1v) is 7.68. The van der Waals surface area contributed by atoms with Crippen molar-refractivity contribution < 1.29 is 0 Å². The summed E-state index contributed by atoms with van der Waals surface area (Å²) in [4.78, 5) is 2.47. The molecule has 1 N–H and O–H groups in total. The van der Waals surface area contributed by atoms with Crippen LogP contribution >= 0.6 is 0 Å². The molecule has 0 aromatic heterocycles. The summed E-state index contributed by atoms with van der Waals surface area (Å²) in [5, 5.41) is 3.82. The molecule has 0 aromatic rings. The molecule has 102 valence electrons. The third-order valence-corrected chi connectivity index (χ3v) is 4.19. The molecular weight excluding hydrogens is 208 g/mol. The molecule has 1 aliphatic heterocycles. The molecule has 1 aliphatic rings. The van der Waals surface area contributed by atoms with Gasteiger partial charge in [0.05, 0.1) is 0 Å². The number of nitrogens with one attached hydrogen (secondary N) is 1. The van der Waals surface area contributed by atoms with Gasteiger partial charge in [-0.05, 0) is 58.3 Å². The van der Waals surface area contributed by atoms with Crippen molar-refractivity contribution >= 4 is 0 Å². The first kappa shape index (κ1) is 15.0. The van der Waals surface area contributed by atoms with E-state index >= 15 is 0 Å². The molecule has 0 aliphatic carbocycles. The molecule has 1 heterocycles. The van der Waals surface area contributed by atoms with Gasteiger partial charge in [-0.1, -0.05) is 33.1 Å². The van der Waals surface area contributed by atoms with Crippen LogP contribution in [0.5, 0.6) is 0 Å². The summed E-state index contributed by atoms with van der Waals surface area (Å²) in [6.45, 7) is 8.42. The molecule has 0 saturated carbocycles. The Balaban J connectivity index is 2.18. The topological polar surface area (TPSA) is 15.3 Å². The molecule has 17 heavy (non-hydrogen) atoms. The molecule has 0 amide bonds. The molecule has 1 saturated heterocycles. The molecule has 2 nitrogen and oxygen atoms in total. The lowest BCUT2D eigenvalue weighted by molar-refractivity contribution is 0.336. The first-order chi connectivity index (χ1) is 8.26. The Labute approximate surface area is 108 Å². The van der Waals surface area contributed by atoms with E-state index in [0.717, 1.165) is 12.0 Å². The van der Waals surface area contributed by atoms with Gasteiger partial charge in [-0.2, -0.15) is 0 Å². The molecule has 2 heteroatoms. The largest absolute Gasteiger partial charge is 0.314 e. The lowest BCUT2D eigenvalue weighted by atomic mass is 9.98. The van der Waals surface area contributed by atoms with E-state index in [2.05, 4.69) is 31.1 Å². The predicted octanol–water partition coefficient (Wildman–Crippen LogP) is 3.28. The van der Waals surface area contributed by atoms with E-state index in [1.165, 1.54) is 64.6 Å². The minimum Gasteiger partial charge on any atom is -0.314 e.